The topological polar surface area (TPSA) is 439 Å². The summed E-state index contributed by atoms with van der Waals surface area (Å²) in [6.45, 7) is 14.4. The van der Waals surface area contributed by atoms with E-state index in [1.807, 2.05) is 30.3 Å². The lowest BCUT2D eigenvalue weighted by molar-refractivity contribution is -0.157. The number of amides is 11. The van der Waals surface area contributed by atoms with Crippen molar-refractivity contribution in [2.24, 2.45) is 35.1 Å². The quantitative estimate of drug-likeness (QED) is 0.0308. The molecule has 16 atom stereocenters. The molecule has 28 heteroatoms. The van der Waals surface area contributed by atoms with E-state index in [9.17, 15) is 67.7 Å². The number of carbonyl (C=O) groups is 12. The van der Waals surface area contributed by atoms with E-state index in [0.717, 1.165) is 5.56 Å². The van der Waals surface area contributed by atoms with Crippen molar-refractivity contribution >= 4 is 70.9 Å². The molecule has 11 amide bonds. The standard InChI is InChI=1S/C57H95N13O15/c1-12-29(5)42(67-50(77)38(60-11)26-35-20-17-16-18-21-35)53(80)64-39(27-71)51(78)63-37(23-24-41(59)73)49(76)66-44(31(7)14-3)55(82)68-43(30(6)13-2)54(81)65-40(28-72)52(79)70-46-34(10)85-57(84)45(32(8)15-4)69-48(75)36(22-19-25-58)62-47(74)33(9)61-56(46)83/h16-18,20-21,29-34,36-40,42-46,60,71-72H,12-15,19,22-28,58H2,1-11H3,(H2,59,73)(H,61,83)(H,62,74)(H,63,78)(H,64,80)(H,65,81)(H,66,76)(H,67,77)(H,68,82)(H,69,75)(H,70,79)/t29-,30-,31-,32-,33-,34-,36-,37+,38+,39-,40-,42-,43-,44+,45-,46+/m0/s1. The van der Waals surface area contributed by atoms with Gasteiger partial charge in [-0.2, -0.15) is 0 Å². The molecule has 17 N–H and O–H groups in total. The van der Waals surface area contributed by atoms with Crippen molar-refractivity contribution in [3.05, 3.63) is 35.9 Å². The second-order valence-electron chi connectivity index (χ2n) is 21.9. The molecule has 0 radical (unpaired) electrons. The van der Waals surface area contributed by atoms with Gasteiger partial charge in [-0.25, -0.2) is 4.79 Å². The molecule has 0 saturated carbocycles. The first-order valence-corrected chi connectivity index (χ1v) is 29.3. The molecule has 478 valence electrons. The van der Waals surface area contributed by atoms with Gasteiger partial charge in [0.05, 0.1) is 19.3 Å². The summed E-state index contributed by atoms with van der Waals surface area (Å²) >= 11 is 0. The number of benzene rings is 1. The van der Waals surface area contributed by atoms with Gasteiger partial charge in [0, 0.05) is 6.42 Å². The van der Waals surface area contributed by atoms with Gasteiger partial charge in [-0.15, -0.1) is 0 Å². The van der Waals surface area contributed by atoms with Gasteiger partial charge in [0.25, 0.3) is 0 Å². The lowest BCUT2D eigenvalue weighted by atomic mass is 9.94. The zero-order valence-corrected chi connectivity index (χ0v) is 51.0. The number of nitrogens with one attached hydrogen (secondary N) is 11. The minimum Gasteiger partial charge on any atom is -0.458 e. The number of esters is 1. The number of aliphatic hydroxyl groups is 2. The van der Waals surface area contributed by atoms with Gasteiger partial charge in [0.2, 0.25) is 65.0 Å². The minimum atomic E-state index is -1.81. The van der Waals surface area contributed by atoms with Crippen LogP contribution in [0.2, 0.25) is 0 Å². The van der Waals surface area contributed by atoms with Crippen molar-refractivity contribution in [2.75, 3.05) is 26.8 Å². The maximum atomic E-state index is 14.4. The average molecular weight is 1200 g/mol. The molecule has 85 heavy (non-hydrogen) atoms. The summed E-state index contributed by atoms with van der Waals surface area (Å²) in [5.41, 5.74) is 12.0. The summed E-state index contributed by atoms with van der Waals surface area (Å²) < 4.78 is 5.69. The third kappa shape index (κ3) is 23.2. The van der Waals surface area contributed by atoms with Crippen molar-refractivity contribution in [1.29, 1.82) is 0 Å². The van der Waals surface area contributed by atoms with Crippen LogP contribution in [0.1, 0.15) is 126 Å². The molecule has 1 fully saturated rings. The van der Waals surface area contributed by atoms with Gasteiger partial charge in [0.1, 0.15) is 66.5 Å². The van der Waals surface area contributed by atoms with Crippen LogP contribution in [0.15, 0.2) is 30.3 Å². The van der Waals surface area contributed by atoms with Crippen LogP contribution >= 0.6 is 0 Å². The Labute approximate surface area is 497 Å². The van der Waals surface area contributed by atoms with E-state index in [4.69, 9.17) is 16.2 Å². The number of hydrogen-bond acceptors (Lipinski definition) is 17. The van der Waals surface area contributed by atoms with Gasteiger partial charge < -0.3 is 84.9 Å². The summed E-state index contributed by atoms with van der Waals surface area (Å²) in [5, 5.41) is 49.2. The number of rotatable bonds is 33. The normalized spacial score (nSPS) is 21.5. The van der Waals surface area contributed by atoms with Crippen molar-refractivity contribution in [2.45, 2.75) is 200 Å². The highest BCUT2D eigenvalue weighted by Gasteiger charge is 2.41. The number of cyclic esters (lactones) is 1. The third-order valence-corrected chi connectivity index (χ3v) is 15.5. The van der Waals surface area contributed by atoms with E-state index in [0.29, 0.717) is 25.7 Å². The van der Waals surface area contributed by atoms with Gasteiger partial charge in [-0.3, -0.25) is 52.7 Å². The number of nitrogens with two attached hydrogens (primary N) is 2. The molecule has 28 nitrogen and oxygen atoms in total. The first kappa shape index (κ1) is 73.8. The zero-order valence-electron chi connectivity index (χ0n) is 51.0. The highest BCUT2D eigenvalue weighted by Crippen LogP contribution is 2.17. The predicted octanol–water partition coefficient (Wildman–Crippen LogP) is -3.20. The van der Waals surface area contributed by atoms with Crippen molar-refractivity contribution < 1.29 is 72.5 Å². The molecule has 1 aliphatic heterocycles. The summed E-state index contributed by atoms with van der Waals surface area (Å²) in [6, 6.07) is -6.13. The maximum absolute atomic E-state index is 14.4. The van der Waals surface area contributed by atoms with Crippen LogP contribution in [0.3, 0.4) is 0 Å². The lowest BCUT2D eigenvalue weighted by Gasteiger charge is -2.31. The van der Waals surface area contributed by atoms with Crippen molar-refractivity contribution in [1.82, 2.24) is 58.5 Å². The van der Waals surface area contributed by atoms with Gasteiger partial charge in [0.15, 0.2) is 0 Å². The van der Waals surface area contributed by atoms with E-state index < -0.39 is 193 Å². The van der Waals surface area contributed by atoms with Crippen LogP contribution in [-0.2, 0) is 68.7 Å². The summed E-state index contributed by atoms with van der Waals surface area (Å²) in [6.07, 6.45) is -0.240. The Hall–Kier alpha value is -7.30. The molecule has 0 spiro atoms. The minimum absolute atomic E-state index is 0.107. The Morgan fingerprint density at radius 2 is 1.07 bits per heavy atom. The van der Waals surface area contributed by atoms with Crippen LogP contribution in [0.25, 0.3) is 0 Å². The largest absolute Gasteiger partial charge is 0.458 e. The molecule has 1 saturated heterocycles. The fourth-order valence-corrected chi connectivity index (χ4v) is 8.92. The SMILES string of the molecule is CC[C@H](C)[C@H](NC(=O)[C@@H](Cc1ccccc1)NC)C(=O)N[C@@H](CO)C(=O)N[C@H](CCC(N)=O)C(=O)N[C@@H](C(=O)N[C@H](C(=O)N[C@@H](CO)C(=O)N[C@H]1C(=O)N[C@@H](C)C(=O)N[C@@H](CCCN)C(=O)N[C@@H]([C@@H](C)CC)C(=O)O[C@H]1C)[C@@H](C)CC)[C@@H](C)CC. The molecule has 0 aromatic heterocycles. The molecular formula is C57H95N13O15. The van der Waals surface area contributed by atoms with Gasteiger partial charge >= 0.3 is 5.97 Å². The van der Waals surface area contributed by atoms with Gasteiger partial charge in [-0.1, -0.05) is 111 Å². The number of hydrogen-bond donors (Lipinski definition) is 15. The molecule has 1 aliphatic rings. The smallest absolute Gasteiger partial charge is 0.329 e. The second-order valence-corrected chi connectivity index (χ2v) is 21.9. The number of carbonyl (C=O) groups excluding carboxylic acids is 12. The highest BCUT2D eigenvalue weighted by molar-refractivity contribution is 5.99. The van der Waals surface area contributed by atoms with Crippen molar-refractivity contribution in [3.8, 4) is 0 Å². The molecule has 0 unspecified atom stereocenters. The fourth-order valence-electron chi connectivity index (χ4n) is 8.92. The van der Waals surface area contributed by atoms with Crippen LogP contribution in [-0.4, -0.2) is 181 Å². The first-order chi connectivity index (χ1) is 40.2. The van der Waals surface area contributed by atoms with Crippen molar-refractivity contribution in [3.63, 3.8) is 0 Å². The molecule has 2 rings (SSSR count). The Morgan fingerprint density at radius 3 is 1.54 bits per heavy atom. The van der Waals surface area contributed by atoms with Crippen LogP contribution in [0.4, 0.5) is 0 Å². The number of primary amides is 1. The van der Waals surface area contributed by atoms with E-state index in [2.05, 4.69) is 58.5 Å². The highest BCUT2D eigenvalue weighted by atomic mass is 16.5. The number of aliphatic hydroxyl groups excluding tert-OH is 2. The average Bonchev–Trinajstić information content (AvgIpc) is 3.84. The predicted molar refractivity (Wildman–Crippen MR) is 312 cm³/mol. The van der Waals surface area contributed by atoms with Crippen LogP contribution in [0.5, 0.6) is 0 Å². The second kappa shape index (κ2) is 37.2. The van der Waals surface area contributed by atoms with E-state index >= 15 is 0 Å². The Bertz CT molecular complexity index is 2420. The molecule has 1 aromatic rings. The molecule has 1 heterocycles. The lowest BCUT2D eigenvalue weighted by Crippen LogP contribution is -2.63. The first-order valence-electron chi connectivity index (χ1n) is 29.3. The molecule has 0 aliphatic carbocycles. The monoisotopic (exact) mass is 1200 g/mol. The Kier molecular flexibility index (Phi) is 32.3. The maximum Gasteiger partial charge on any atom is 0.329 e. The van der Waals surface area contributed by atoms with Crippen LogP contribution < -0.4 is 70.0 Å². The fraction of sp³-hybridized carbons (Fsp3) is 0.684. The van der Waals surface area contributed by atoms with Crippen LogP contribution in [0, 0.1) is 23.7 Å². The van der Waals surface area contributed by atoms with E-state index in [1.54, 1.807) is 62.4 Å². The van der Waals surface area contributed by atoms with E-state index in [-0.39, 0.29) is 25.8 Å². The Morgan fingerprint density at radius 1 is 0.600 bits per heavy atom. The number of ether oxygens (including phenoxy) is 1. The van der Waals surface area contributed by atoms with E-state index in [1.165, 1.54) is 13.8 Å². The zero-order chi connectivity index (χ0) is 64.2. The summed E-state index contributed by atoms with van der Waals surface area (Å²) in [4.78, 5) is 165. The Balaban J connectivity index is 2.40. The molecule has 0 bridgehead atoms. The summed E-state index contributed by atoms with van der Waals surface area (Å²) in [5.74, 6) is -13.0. The van der Waals surface area contributed by atoms with Gasteiger partial charge in [-0.05, 0) is 82.4 Å². The number of likely N-dealkylation sites (N-methyl/N-ethyl adjacent to an activating group) is 1. The summed E-state index contributed by atoms with van der Waals surface area (Å²) in [7, 11) is 1.60. The molecule has 1 aromatic carbocycles. The third-order valence-electron chi connectivity index (χ3n) is 15.5. The molecular weight excluding hydrogens is 1110 g/mol.